The lowest BCUT2D eigenvalue weighted by Crippen LogP contribution is -2.50. The number of benzene rings is 3. The first-order valence-electron chi connectivity index (χ1n) is 11.7. The van der Waals surface area contributed by atoms with E-state index in [1.165, 1.54) is 0 Å². The zero-order valence-corrected chi connectivity index (χ0v) is 19.9. The zero-order valence-electron chi connectivity index (χ0n) is 19.9. The van der Waals surface area contributed by atoms with Crippen LogP contribution in [0.15, 0.2) is 91.0 Å². The molecule has 0 aromatic heterocycles. The summed E-state index contributed by atoms with van der Waals surface area (Å²) in [6.07, 6.45) is -0.432. The SMILES string of the molecule is CCN(Cc1ccccc1)C(=O)CNC(=O)C(Cc1ccccc1)NC(=O)OCc1ccccc1. The van der Waals surface area contributed by atoms with Crippen LogP contribution in [-0.2, 0) is 33.9 Å². The third-order valence-electron chi connectivity index (χ3n) is 5.47. The highest BCUT2D eigenvalue weighted by molar-refractivity contribution is 5.89. The molecule has 0 saturated carbocycles. The van der Waals surface area contributed by atoms with Crippen LogP contribution in [-0.4, -0.2) is 41.9 Å². The van der Waals surface area contributed by atoms with Crippen molar-refractivity contribution >= 4 is 17.9 Å². The molecule has 1 unspecified atom stereocenters. The second kappa shape index (κ2) is 13.5. The molecule has 3 amide bonds. The summed E-state index contributed by atoms with van der Waals surface area (Å²) in [5.41, 5.74) is 2.73. The number of likely N-dealkylation sites (N-methyl/N-ethyl adjacent to an activating group) is 1. The minimum atomic E-state index is -0.891. The fourth-order valence-corrected chi connectivity index (χ4v) is 3.54. The van der Waals surface area contributed by atoms with Gasteiger partial charge in [-0.15, -0.1) is 0 Å². The predicted octanol–water partition coefficient (Wildman–Crippen LogP) is 3.69. The molecule has 0 radical (unpaired) electrons. The Morgan fingerprint density at radius 2 is 1.34 bits per heavy atom. The van der Waals surface area contributed by atoms with Crippen LogP contribution in [0.3, 0.4) is 0 Å². The molecule has 1 atom stereocenters. The Bertz CT molecular complexity index is 1080. The van der Waals surface area contributed by atoms with Crippen molar-refractivity contribution in [1.82, 2.24) is 15.5 Å². The molecular formula is C28H31N3O4. The summed E-state index contributed by atoms with van der Waals surface area (Å²) >= 11 is 0. The minimum Gasteiger partial charge on any atom is -0.445 e. The smallest absolute Gasteiger partial charge is 0.408 e. The van der Waals surface area contributed by atoms with Crippen LogP contribution in [0.25, 0.3) is 0 Å². The van der Waals surface area contributed by atoms with Crippen molar-refractivity contribution in [2.75, 3.05) is 13.1 Å². The maximum atomic E-state index is 13.0. The lowest BCUT2D eigenvalue weighted by atomic mass is 10.1. The molecule has 0 aliphatic heterocycles. The van der Waals surface area contributed by atoms with Gasteiger partial charge in [0.2, 0.25) is 11.8 Å². The molecule has 0 heterocycles. The monoisotopic (exact) mass is 473 g/mol. The fraction of sp³-hybridized carbons (Fsp3) is 0.250. The van der Waals surface area contributed by atoms with Crippen molar-refractivity contribution in [3.05, 3.63) is 108 Å². The number of amides is 3. The highest BCUT2D eigenvalue weighted by Crippen LogP contribution is 2.07. The maximum absolute atomic E-state index is 13.0. The third-order valence-corrected chi connectivity index (χ3v) is 5.47. The van der Waals surface area contributed by atoms with Crippen molar-refractivity contribution < 1.29 is 19.1 Å². The summed E-state index contributed by atoms with van der Waals surface area (Å²) in [5, 5.41) is 5.33. The van der Waals surface area contributed by atoms with E-state index in [9.17, 15) is 14.4 Å². The molecule has 0 bridgehead atoms. The normalized spacial score (nSPS) is 11.2. The van der Waals surface area contributed by atoms with Crippen LogP contribution < -0.4 is 10.6 Å². The Labute approximate surface area is 206 Å². The van der Waals surface area contributed by atoms with E-state index in [1.807, 2.05) is 97.9 Å². The third kappa shape index (κ3) is 8.62. The maximum Gasteiger partial charge on any atom is 0.408 e. The molecule has 7 heteroatoms. The van der Waals surface area contributed by atoms with E-state index in [1.54, 1.807) is 4.90 Å². The van der Waals surface area contributed by atoms with Gasteiger partial charge in [0.05, 0.1) is 6.54 Å². The van der Waals surface area contributed by atoms with E-state index in [0.29, 0.717) is 13.1 Å². The quantitative estimate of drug-likeness (QED) is 0.445. The van der Waals surface area contributed by atoms with Gasteiger partial charge in [-0.05, 0) is 23.6 Å². The molecule has 3 aromatic carbocycles. The van der Waals surface area contributed by atoms with Crippen LogP contribution in [0, 0.1) is 0 Å². The van der Waals surface area contributed by atoms with Gasteiger partial charge in [0, 0.05) is 19.5 Å². The van der Waals surface area contributed by atoms with Crippen LogP contribution in [0.5, 0.6) is 0 Å². The van der Waals surface area contributed by atoms with Crippen LogP contribution in [0.1, 0.15) is 23.6 Å². The lowest BCUT2D eigenvalue weighted by Gasteiger charge is -2.23. The minimum absolute atomic E-state index is 0.0930. The van der Waals surface area contributed by atoms with E-state index in [0.717, 1.165) is 16.7 Å². The van der Waals surface area contributed by atoms with Crippen LogP contribution >= 0.6 is 0 Å². The Kier molecular flexibility index (Phi) is 9.87. The van der Waals surface area contributed by atoms with E-state index in [-0.39, 0.29) is 25.5 Å². The van der Waals surface area contributed by atoms with E-state index >= 15 is 0 Å². The van der Waals surface area contributed by atoms with Crippen molar-refractivity contribution in [3.63, 3.8) is 0 Å². The number of alkyl carbamates (subject to hydrolysis) is 1. The lowest BCUT2D eigenvalue weighted by molar-refractivity contribution is -0.133. The van der Waals surface area contributed by atoms with Crippen LogP contribution in [0.4, 0.5) is 4.79 Å². The summed E-state index contributed by atoms with van der Waals surface area (Å²) in [7, 11) is 0. The summed E-state index contributed by atoms with van der Waals surface area (Å²) < 4.78 is 5.29. The van der Waals surface area contributed by atoms with Gasteiger partial charge < -0.3 is 20.3 Å². The van der Waals surface area contributed by atoms with E-state index in [4.69, 9.17) is 4.74 Å². The first kappa shape index (κ1) is 25.5. The first-order chi connectivity index (χ1) is 17.0. The Hall–Kier alpha value is -4.13. The van der Waals surface area contributed by atoms with Gasteiger partial charge in [-0.3, -0.25) is 9.59 Å². The fourth-order valence-electron chi connectivity index (χ4n) is 3.54. The number of hydrogen-bond acceptors (Lipinski definition) is 4. The van der Waals surface area contributed by atoms with E-state index in [2.05, 4.69) is 10.6 Å². The zero-order chi connectivity index (χ0) is 24.9. The summed E-state index contributed by atoms with van der Waals surface area (Å²) in [6, 6.07) is 27.4. The molecule has 2 N–H and O–H groups in total. The van der Waals surface area contributed by atoms with Crippen molar-refractivity contribution in [1.29, 1.82) is 0 Å². The molecule has 0 saturated heterocycles. The Balaban J connectivity index is 1.58. The van der Waals surface area contributed by atoms with Gasteiger partial charge in [0.1, 0.15) is 12.6 Å². The van der Waals surface area contributed by atoms with Gasteiger partial charge >= 0.3 is 6.09 Å². The molecule has 3 aromatic rings. The Morgan fingerprint density at radius 1 is 0.800 bits per heavy atom. The number of nitrogens with zero attached hydrogens (tertiary/aromatic N) is 1. The summed E-state index contributed by atoms with van der Waals surface area (Å²) in [5.74, 6) is -0.649. The van der Waals surface area contributed by atoms with Crippen molar-refractivity contribution in [2.24, 2.45) is 0 Å². The van der Waals surface area contributed by atoms with Crippen LogP contribution in [0.2, 0.25) is 0 Å². The molecule has 0 aliphatic rings. The van der Waals surface area contributed by atoms with Gasteiger partial charge in [-0.2, -0.15) is 0 Å². The molecule has 3 rings (SSSR count). The largest absolute Gasteiger partial charge is 0.445 e. The topological polar surface area (TPSA) is 87.7 Å². The number of nitrogens with one attached hydrogen (secondary N) is 2. The first-order valence-corrected chi connectivity index (χ1v) is 11.7. The molecule has 0 aliphatic carbocycles. The molecule has 35 heavy (non-hydrogen) atoms. The molecule has 182 valence electrons. The van der Waals surface area contributed by atoms with Gasteiger partial charge in [-0.25, -0.2) is 4.79 Å². The molecule has 0 fully saturated rings. The van der Waals surface area contributed by atoms with Crippen molar-refractivity contribution in [3.8, 4) is 0 Å². The second-order valence-corrected chi connectivity index (χ2v) is 8.06. The van der Waals surface area contributed by atoms with Gasteiger partial charge in [0.15, 0.2) is 0 Å². The molecule has 0 spiro atoms. The second-order valence-electron chi connectivity index (χ2n) is 8.06. The summed E-state index contributed by atoms with van der Waals surface area (Å²) in [4.78, 5) is 39.8. The highest BCUT2D eigenvalue weighted by atomic mass is 16.5. The number of hydrogen-bond donors (Lipinski definition) is 2. The number of rotatable bonds is 11. The predicted molar refractivity (Wildman–Crippen MR) is 134 cm³/mol. The molecular weight excluding hydrogens is 442 g/mol. The van der Waals surface area contributed by atoms with Gasteiger partial charge in [0.25, 0.3) is 0 Å². The number of carbonyl (C=O) groups is 3. The highest BCUT2D eigenvalue weighted by Gasteiger charge is 2.23. The van der Waals surface area contributed by atoms with E-state index < -0.39 is 18.0 Å². The average Bonchev–Trinajstić information content (AvgIpc) is 2.90. The number of carbonyl (C=O) groups excluding carboxylic acids is 3. The molecule has 7 nitrogen and oxygen atoms in total. The number of ether oxygens (including phenoxy) is 1. The Morgan fingerprint density at radius 3 is 1.91 bits per heavy atom. The average molecular weight is 474 g/mol. The summed E-state index contributed by atoms with van der Waals surface area (Å²) in [6.45, 7) is 2.80. The van der Waals surface area contributed by atoms with Crippen molar-refractivity contribution in [2.45, 2.75) is 32.5 Å². The standard InChI is InChI=1S/C28H31N3O4/c1-2-31(20-23-14-8-4-9-15-23)26(32)19-29-27(33)25(18-22-12-6-3-7-13-22)30-28(34)35-21-24-16-10-5-11-17-24/h3-17,25H,2,18-21H2,1H3,(H,29,33)(H,30,34). The van der Waals surface area contributed by atoms with Gasteiger partial charge in [-0.1, -0.05) is 91.0 Å².